The van der Waals surface area contributed by atoms with Gasteiger partial charge < -0.3 is 4.74 Å². The molecule has 0 unspecified atom stereocenters. The number of nitrogens with zero attached hydrogens (tertiary/aromatic N) is 3. The molecular weight excluding hydrogens is 262 g/mol. The van der Waals surface area contributed by atoms with Gasteiger partial charge in [-0.05, 0) is 6.92 Å². The van der Waals surface area contributed by atoms with Gasteiger partial charge in [-0.15, -0.1) is 11.3 Å². The molecule has 0 bridgehead atoms. The summed E-state index contributed by atoms with van der Waals surface area (Å²) in [5.74, 6) is -0.125. The van der Waals surface area contributed by atoms with Crippen LogP contribution >= 0.6 is 11.3 Å². The quantitative estimate of drug-likeness (QED) is 0.760. The largest absolute Gasteiger partial charge is 0.469 e. The normalized spacial score (nSPS) is 21.5. The van der Waals surface area contributed by atoms with Crippen LogP contribution < -0.4 is 0 Å². The molecule has 5 nitrogen and oxygen atoms in total. The molecular formula is C13H21N3O2S. The van der Waals surface area contributed by atoms with Gasteiger partial charge in [-0.2, -0.15) is 0 Å². The lowest BCUT2D eigenvalue weighted by Crippen LogP contribution is -2.51. The average Bonchev–Trinajstić information content (AvgIpc) is 2.91. The number of carbonyl (C=O) groups is 1. The lowest BCUT2D eigenvalue weighted by Gasteiger charge is -2.39. The first-order valence-electron chi connectivity index (χ1n) is 6.59. The standard InChI is InChI=1S/C13H21N3O2S/c1-11-8-15(4-3-13(17)18-2)5-6-16(11)9-12-7-14-10-19-12/h7,10-11H,3-6,8-9H2,1-2H3/t11-/m0/s1. The molecule has 0 spiro atoms. The van der Waals surface area contributed by atoms with Crippen LogP contribution in [0.4, 0.5) is 0 Å². The molecule has 0 amide bonds. The monoisotopic (exact) mass is 283 g/mol. The maximum atomic E-state index is 11.1. The zero-order valence-corrected chi connectivity index (χ0v) is 12.4. The maximum absolute atomic E-state index is 11.1. The number of carbonyl (C=O) groups excluding carboxylic acids is 1. The Morgan fingerprint density at radius 1 is 1.58 bits per heavy atom. The lowest BCUT2D eigenvalue weighted by atomic mass is 10.2. The van der Waals surface area contributed by atoms with Crippen LogP contribution in [-0.4, -0.2) is 60.1 Å². The molecule has 106 valence electrons. The molecule has 0 aromatic carbocycles. The fraction of sp³-hybridized carbons (Fsp3) is 0.692. The van der Waals surface area contributed by atoms with E-state index in [0.717, 1.165) is 32.7 Å². The molecule has 1 aromatic heterocycles. The van der Waals surface area contributed by atoms with Gasteiger partial charge in [0.25, 0.3) is 0 Å². The summed E-state index contributed by atoms with van der Waals surface area (Å²) in [6, 6.07) is 0.508. The Morgan fingerprint density at radius 3 is 3.05 bits per heavy atom. The first-order chi connectivity index (χ1) is 9.19. The summed E-state index contributed by atoms with van der Waals surface area (Å²) in [4.78, 5) is 21.4. The number of thiazole rings is 1. The topological polar surface area (TPSA) is 45.7 Å². The van der Waals surface area contributed by atoms with Crippen molar-refractivity contribution in [1.29, 1.82) is 0 Å². The SMILES string of the molecule is COC(=O)CCN1CCN(Cc2cncs2)[C@@H](C)C1. The molecule has 1 atom stereocenters. The van der Waals surface area contributed by atoms with E-state index in [9.17, 15) is 4.79 Å². The molecule has 6 heteroatoms. The lowest BCUT2D eigenvalue weighted by molar-refractivity contribution is -0.141. The minimum Gasteiger partial charge on any atom is -0.469 e. The highest BCUT2D eigenvalue weighted by atomic mass is 32.1. The van der Waals surface area contributed by atoms with Gasteiger partial charge in [-0.25, -0.2) is 0 Å². The third-order valence-electron chi connectivity index (χ3n) is 3.55. The molecule has 1 fully saturated rings. The number of ether oxygens (including phenoxy) is 1. The minimum absolute atomic E-state index is 0.125. The highest BCUT2D eigenvalue weighted by Crippen LogP contribution is 2.16. The van der Waals surface area contributed by atoms with Crippen molar-refractivity contribution in [3.8, 4) is 0 Å². The van der Waals surface area contributed by atoms with E-state index >= 15 is 0 Å². The Kier molecular flexibility index (Phi) is 5.30. The van der Waals surface area contributed by atoms with Gasteiger partial charge in [0.1, 0.15) is 0 Å². The first-order valence-corrected chi connectivity index (χ1v) is 7.47. The van der Waals surface area contributed by atoms with E-state index in [4.69, 9.17) is 0 Å². The van der Waals surface area contributed by atoms with Gasteiger partial charge in [-0.3, -0.25) is 19.6 Å². The van der Waals surface area contributed by atoms with Crippen molar-refractivity contribution in [3.63, 3.8) is 0 Å². The molecule has 1 saturated heterocycles. The Labute approximate surface area is 118 Å². The second kappa shape index (κ2) is 6.98. The molecule has 2 rings (SSSR count). The number of piperazine rings is 1. The highest BCUT2D eigenvalue weighted by Gasteiger charge is 2.24. The van der Waals surface area contributed by atoms with Crippen molar-refractivity contribution < 1.29 is 9.53 Å². The van der Waals surface area contributed by atoms with Gasteiger partial charge in [0.15, 0.2) is 0 Å². The van der Waals surface area contributed by atoms with Crippen LogP contribution in [0.3, 0.4) is 0 Å². The van der Waals surface area contributed by atoms with E-state index in [2.05, 4.69) is 26.4 Å². The van der Waals surface area contributed by atoms with E-state index in [0.29, 0.717) is 12.5 Å². The molecule has 19 heavy (non-hydrogen) atoms. The Balaban J connectivity index is 1.76. The van der Waals surface area contributed by atoms with Crippen LogP contribution in [0.1, 0.15) is 18.2 Å². The van der Waals surface area contributed by atoms with Crippen LogP contribution in [0.2, 0.25) is 0 Å². The zero-order chi connectivity index (χ0) is 13.7. The van der Waals surface area contributed by atoms with Crippen molar-refractivity contribution in [3.05, 3.63) is 16.6 Å². The summed E-state index contributed by atoms with van der Waals surface area (Å²) in [7, 11) is 1.44. The number of hydrogen-bond acceptors (Lipinski definition) is 6. The van der Waals surface area contributed by atoms with E-state index in [1.54, 1.807) is 11.3 Å². The van der Waals surface area contributed by atoms with Gasteiger partial charge in [0, 0.05) is 49.8 Å². The maximum Gasteiger partial charge on any atom is 0.306 e. The molecule has 0 saturated carbocycles. The van der Waals surface area contributed by atoms with Gasteiger partial charge in [-0.1, -0.05) is 0 Å². The van der Waals surface area contributed by atoms with Gasteiger partial charge >= 0.3 is 5.97 Å². The number of methoxy groups -OCH3 is 1. The summed E-state index contributed by atoms with van der Waals surface area (Å²) in [6.07, 6.45) is 2.43. The number of hydrogen-bond donors (Lipinski definition) is 0. The molecule has 0 radical (unpaired) electrons. The molecule has 2 heterocycles. The minimum atomic E-state index is -0.125. The highest BCUT2D eigenvalue weighted by molar-refractivity contribution is 7.09. The predicted octanol–water partition coefficient (Wildman–Crippen LogP) is 1.21. The van der Waals surface area contributed by atoms with Crippen LogP contribution in [-0.2, 0) is 16.1 Å². The Bertz CT molecular complexity index is 397. The molecule has 1 aliphatic heterocycles. The second-order valence-electron chi connectivity index (χ2n) is 4.91. The average molecular weight is 283 g/mol. The van der Waals surface area contributed by atoms with Gasteiger partial charge in [0.2, 0.25) is 0 Å². The molecule has 1 aliphatic rings. The third kappa shape index (κ3) is 4.26. The summed E-state index contributed by atoms with van der Waals surface area (Å²) in [6.45, 7) is 7.09. The second-order valence-corrected chi connectivity index (χ2v) is 5.88. The predicted molar refractivity (Wildman–Crippen MR) is 75.1 cm³/mol. The van der Waals surface area contributed by atoms with Crippen molar-refractivity contribution in [2.75, 3.05) is 33.3 Å². The number of esters is 1. The Hall–Kier alpha value is -0.980. The smallest absolute Gasteiger partial charge is 0.306 e. The molecule has 0 N–H and O–H groups in total. The summed E-state index contributed by atoms with van der Waals surface area (Å²) in [5, 5.41) is 0. The zero-order valence-electron chi connectivity index (χ0n) is 11.5. The van der Waals surface area contributed by atoms with Crippen molar-refractivity contribution in [2.45, 2.75) is 25.9 Å². The van der Waals surface area contributed by atoms with Crippen molar-refractivity contribution in [2.24, 2.45) is 0 Å². The fourth-order valence-electron chi connectivity index (χ4n) is 2.38. The van der Waals surface area contributed by atoms with Crippen LogP contribution in [0.15, 0.2) is 11.7 Å². The van der Waals surface area contributed by atoms with E-state index in [-0.39, 0.29) is 5.97 Å². The van der Waals surface area contributed by atoms with Crippen molar-refractivity contribution >= 4 is 17.3 Å². The van der Waals surface area contributed by atoms with E-state index < -0.39 is 0 Å². The summed E-state index contributed by atoms with van der Waals surface area (Å²) in [5.41, 5.74) is 1.88. The van der Waals surface area contributed by atoms with Crippen LogP contribution in [0, 0.1) is 0 Å². The number of aromatic nitrogens is 1. The van der Waals surface area contributed by atoms with Gasteiger partial charge in [0.05, 0.1) is 19.0 Å². The third-order valence-corrected chi connectivity index (χ3v) is 4.32. The van der Waals surface area contributed by atoms with Crippen molar-refractivity contribution in [1.82, 2.24) is 14.8 Å². The first kappa shape index (κ1) is 14.4. The van der Waals surface area contributed by atoms with E-state index in [1.165, 1.54) is 12.0 Å². The fourth-order valence-corrected chi connectivity index (χ4v) is 3.00. The van der Waals surface area contributed by atoms with Crippen LogP contribution in [0.25, 0.3) is 0 Å². The van der Waals surface area contributed by atoms with Crippen LogP contribution in [0.5, 0.6) is 0 Å². The Morgan fingerprint density at radius 2 is 2.42 bits per heavy atom. The molecule has 1 aromatic rings. The molecule has 0 aliphatic carbocycles. The summed E-state index contributed by atoms with van der Waals surface area (Å²) >= 11 is 1.71. The summed E-state index contributed by atoms with van der Waals surface area (Å²) < 4.78 is 4.68. The van der Waals surface area contributed by atoms with E-state index in [1.807, 2.05) is 11.7 Å². The number of rotatable bonds is 5.